The maximum atomic E-state index is 9.85. The van der Waals surface area contributed by atoms with Gasteiger partial charge in [-0.3, -0.25) is 0 Å². The van der Waals surface area contributed by atoms with Crippen molar-refractivity contribution in [2.24, 2.45) is 0 Å². The number of aliphatic hydroxyl groups excluding tert-OH is 1. The summed E-state index contributed by atoms with van der Waals surface area (Å²) in [5.41, 5.74) is 0. The molecule has 2 atom stereocenters. The van der Waals surface area contributed by atoms with Crippen LogP contribution in [-0.4, -0.2) is 47.0 Å². The Bertz CT molecular complexity index is 382. The van der Waals surface area contributed by atoms with Gasteiger partial charge in [-0.05, 0) is 13.8 Å². The molecule has 2 heterocycles. The maximum Gasteiger partial charge on any atom is 0.134 e. The van der Waals surface area contributed by atoms with Crippen molar-refractivity contribution < 1.29 is 9.84 Å². The molecule has 0 spiro atoms. The number of halogens is 1. The van der Waals surface area contributed by atoms with Gasteiger partial charge < -0.3 is 14.7 Å². The second-order valence-electron chi connectivity index (χ2n) is 4.06. The highest BCUT2D eigenvalue weighted by Crippen LogP contribution is 2.22. The van der Waals surface area contributed by atoms with Crippen molar-refractivity contribution >= 4 is 17.4 Å². The molecular weight excluding hydrogens is 242 g/mol. The molecule has 0 radical (unpaired) electrons. The monoisotopic (exact) mass is 257 g/mol. The molecule has 6 heteroatoms. The largest absolute Gasteiger partial charge is 0.388 e. The Labute approximate surface area is 105 Å². The zero-order valence-electron chi connectivity index (χ0n) is 9.93. The maximum absolute atomic E-state index is 9.85. The van der Waals surface area contributed by atoms with E-state index in [4.69, 9.17) is 16.3 Å². The normalized spacial score (nSPS) is 24.4. The predicted octanol–water partition coefficient (Wildman–Crippen LogP) is 1.02. The third-order valence-corrected chi connectivity index (χ3v) is 2.93. The van der Waals surface area contributed by atoms with Gasteiger partial charge in [0.1, 0.15) is 22.9 Å². The third-order valence-electron chi connectivity index (χ3n) is 2.73. The first-order valence-electron chi connectivity index (χ1n) is 5.66. The van der Waals surface area contributed by atoms with Crippen LogP contribution < -0.4 is 4.90 Å². The molecule has 2 rings (SSSR count). The fraction of sp³-hybridized carbons (Fsp3) is 0.636. The fourth-order valence-corrected chi connectivity index (χ4v) is 2.22. The minimum atomic E-state index is -0.482. The van der Waals surface area contributed by atoms with E-state index >= 15 is 0 Å². The van der Waals surface area contributed by atoms with E-state index in [0.29, 0.717) is 30.7 Å². The highest BCUT2D eigenvalue weighted by molar-refractivity contribution is 6.29. The number of nitrogens with zero attached hydrogens (tertiary/aromatic N) is 3. The van der Waals surface area contributed by atoms with Crippen LogP contribution in [0.1, 0.15) is 12.7 Å². The molecule has 0 bridgehead atoms. The summed E-state index contributed by atoms with van der Waals surface area (Å²) in [6.45, 7) is 5.45. The Morgan fingerprint density at radius 2 is 2.29 bits per heavy atom. The van der Waals surface area contributed by atoms with Crippen molar-refractivity contribution in [1.82, 2.24) is 9.97 Å². The Hall–Kier alpha value is -0.910. The Balaban J connectivity index is 2.13. The number of aromatic nitrogens is 2. The van der Waals surface area contributed by atoms with Crippen molar-refractivity contribution in [3.63, 3.8) is 0 Å². The zero-order chi connectivity index (χ0) is 12.4. The standard InChI is InChI=1S/C11H16ClN3O2/c1-3-17-9-6-15(5-8(9)16)11-4-10(12)13-7(2)14-11/h4,8-9,16H,3,5-6H2,1-2H3/t8-,9+/m0/s1. The van der Waals surface area contributed by atoms with Gasteiger partial charge in [-0.15, -0.1) is 0 Å². The van der Waals surface area contributed by atoms with Crippen LogP contribution in [0.3, 0.4) is 0 Å². The van der Waals surface area contributed by atoms with Crippen LogP contribution in [0.15, 0.2) is 6.07 Å². The molecule has 1 saturated heterocycles. The number of rotatable bonds is 3. The highest BCUT2D eigenvalue weighted by atomic mass is 35.5. The smallest absolute Gasteiger partial charge is 0.134 e. The lowest BCUT2D eigenvalue weighted by atomic mass is 10.3. The van der Waals surface area contributed by atoms with E-state index in [2.05, 4.69) is 9.97 Å². The van der Waals surface area contributed by atoms with Crippen LogP contribution in [0.2, 0.25) is 5.15 Å². The summed E-state index contributed by atoms with van der Waals surface area (Å²) in [7, 11) is 0. The van der Waals surface area contributed by atoms with Gasteiger partial charge >= 0.3 is 0 Å². The fourth-order valence-electron chi connectivity index (χ4n) is 2.00. The van der Waals surface area contributed by atoms with E-state index in [0.717, 1.165) is 5.82 Å². The second-order valence-corrected chi connectivity index (χ2v) is 4.45. The molecule has 1 aliphatic rings. The molecule has 0 aromatic carbocycles. The van der Waals surface area contributed by atoms with Gasteiger partial charge in [0.25, 0.3) is 0 Å². The molecule has 1 aromatic heterocycles. The molecular formula is C11H16ClN3O2. The lowest BCUT2D eigenvalue weighted by Crippen LogP contribution is -2.26. The zero-order valence-corrected chi connectivity index (χ0v) is 10.7. The van der Waals surface area contributed by atoms with Gasteiger partial charge in [-0.25, -0.2) is 9.97 Å². The number of aryl methyl sites for hydroxylation is 1. The molecule has 94 valence electrons. The quantitative estimate of drug-likeness (QED) is 0.820. The van der Waals surface area contributed by atoms with E-state index in [1.54, 1.807) is 13.0 Å². The predicted molar refractivity (Wildman–Crippen MR) is 65.4 cm³/mol. The summed E-state index contributed by atoms with van der Waals surface area (Å²) in [6.07, 6.45) is -0.641. The van der Waals surface area contributed by atoms with E-state index in [-0.39, 0.29) is 6.10 Å². The van der Waals surface area contributed by atoms with Gasteiger partial charge in [0.05, 0.1) is 6.10 Å². The Morgan fingerprint density at radius 1 is 1.53 bits per heavy atom. The highest BCUT2D eigenvalue weighted by Gasteiger charge is 2.32. The van der Waals surface area contributed by atoms with E-state index in [1.165, 1.54) is 0 Å². The summed E-state index contributed by atoms with van der Waals surface area (Å²) in [4.78, 5) is 10.3. The Kier molecular flexibility index (Phi) is 3.81. The average Bonchev–Trinajstić information content (AvgIpc) is 2.60. The molecule has 1 aliphatic heterocycles. The summed E-state index contributed by atoms with van der Waals surface area (Å²) in [5, 5.41) is 10.3. The van der Waals surface area contributed by atoms with Crippen molar-refractivity contribution in [3.8, 4) is 0 Å². The lowest BCUT2D eigenvalue weighted by molar-refractivity contribution is -0.00189. The van der Waals surface area contributed by atoms with Crippen molar-refractivity contribution in [2.45, 2.75) is 26.1 Å². The van der Waals surface area contributed by atoms with Crippen LogP contribution >= 0.6 is 11.6 Å². The van der Waals surface area contributed by atoms with Crippen LogP contribution in [0, 0.1) is 6.92 Å². The van der Waals surface area contributed by atoms with Gasteiger partial charge in [-0.2, -0.15) is 0 Å². The summed E-state index contributed by atoms with van der Waals surface area (Å²) >= 11 is 5.89. The van der Waals surface area contributed by atoms with Crippen LogP contribution in [0.4, 0.5) is 5.82 Å². The molecule has 0 aliphatic carbocycles. The molecule has 5 nitrogen and oxygen atoms in total. The van der Waals surface area contributed by atoms with Gasteiger partial charge in [0.15, 0.2) is 0 Å². The van der Waals surface area contributed by atoms with Gasteiger partial charge in [-0.1, -0.05) is 11.6 Å². The van der Waals surface area contributed by atoms with Crippen molar-refractivity contribution in [2.75, 3.05) is 24.6 Å². The molecule has 0 amide bonds. The number of β-amino-alcohol motifs (C(OH)–C–C–N with tert-alkyl or cyclic N) is 1. The molecule has 0 unspecified atom stereocenters. The van der Waals surface area contributed by atoms with Crippen LogP contribution in [0.25, 0.3) is 0 Å². The molecule has 1 fully saturated rings. The SMILES string of the molecule is CCO[C@@H]1CN(c2cc(Cl)nc(C)n2)C[C@@H]1O. The molecule has 1 aromatic rings. The number of anilines is 1. The number of hydrogen-bond acceptors (Lipinski definition) is 5. The second kappa shape index (κ2) is 5.16. The summed E-state index contributed by atoms with van der Waals surface area (Å²) < 4.78 is 5.46. The number of hydrogen-bond donors (Lipinski definition) is 1. The lowest BCUT2D eigenvalue weighted by Gasteiger charge is -2.17. The first-order valence-corrected chi connectivity index (χ1v) is 6.03. The minimum Gasteiger partial charge on any atom is -0.388 e. The first-order chi connectivity index (χ1) is 8.10. The topological polar surface area (TPSA) is 58.5 Å². The molecule has 1 N–H and O–H groups in total. The minimum absolute atomic E-state index is 0.158. The Morgan fingerprint density at radius 3 is 2.94 bits per heavy atom. The number of aliphatic hydroxyl groups is 1. The van der Waals surface area contributed by atoms with Crippen LogP contribution in [-0.2, 0) is 4.74 Å². The van der Waals surface area contributed by atoms with Gasteiger partial charge in [0, 0.05) is 25.8 Å². The third kappa shape index (κ3) is 2.86. The average molecular weight is 258 g/mol. The summed E-state index contributed by atoms with van der Waals surface area (Å²) in [6, 6.07) is 1.70. The van der Waals surface area contributed by atoms with Gasteiger partial charge in [0.2, 0.25) is 0 Å². The van der Waals surface area contributed by atoms with E-state index < -0.39 is 6.10 Å². The molecule has 0 saturated carbocycles. The van der Waals surface area contributed by atoms with Crippen molar-refractivity contribution in [1.29, 1.82) is 0 Å². The van der Waals surface area contributed by atoms with E-state index in [9.17, 15) is 5.11 Å². The summed E-state index contributed by atoms with van der Waals surface area (Å²) in [5.74, 6) is 1.37. The first kappa shape index (κ1) is 12.5. The van der Waals surface area contributed by atoms with Crippen LogP contribution in [0.5, 0.6) is 0 Å². The number of ether oxygens (including phenoxy) is 1. The van der Waals surface area contributed by atoms with E-state index in [1.807, 2.05) is 11.8 Å². The van der Waals surface area contributed by atoms with Crippen molar-refractivity contribution in [3.05, 3.63) is 17.0 Å². The molecule has 17 heavy (non-hydrogen) atoms.